The summed E-state index contributed by atoms with van der Waals surface area (Å²) in [7, 11) is 0. The van der Waals surface area contributed by atoms with Crippen molar-refractivity contribution in [2.45, 2.75) is 12.5 Å². The average molecular weight is 172 g/mol. The van der Waals surface area contributed by atoms with Crippen LogP contribution in [0.1, 0.15) is 23.6 Å². The summed E-state index contributed by atoms with van der Waals surface area (Å²) in [6.45, 7) is 3.62. The van der Waals surface area contributed by atoms with E-state index in [0.29, 0.717) is 5.56 Å². The molecule has 0 radical (unpaired) electrons. The smallest absolute Gasteiger partial charge is 0.0991 e. The minimum atomic E-state index is -0.0502. The van der Waals surface area contributed by atoms with Crippen molar-refractivity contribution in [2.24, 2.45) is 5.73 Å². The molecule has 0 amide bonds. The molecule has 2 nitrogen and oxygen atoms in total. The van der Waals surface area contributed by atoms with Gasteiger partial charge in [-0.2, -0.15) is 5.26 Å². The van der Waals surface area contributed by atoms with Gasteiger partial charge in [-0.1, -0.05) is 18.2 Å². The third kappa shape index (κ3) is 2.43. The van der Waals surface area contributed by atoms with Crippen LogP contribution in [0.3, 0.4) is 0 Å². The van der Waals surface area contributed by atoms with Crippen molar-refractivity contribution >= 4 is 0 Å². The number of nitrogens with two attached hydrogens (primary N) is 1. The predicted molar refractivity (Wildman–Crippen MR) is 52.9 cm³/mol. The van der Waals surface area contributed by atoms with Gasteiger partial charge in [0.05, 0.1) is 11.6 Å². The summed E-state index contributed by atoms with van der Waals surface area (Å²) < 4.78 is 0. The lowest BCUT2D eigenvalue weighted by Gasteiger charge is -2.08. The van der Waals surface area contributed by atoms with Crippen LogP contribution in [0.4, 0.5) is 0 Å². The molecule has 0 fully saturated rings. The van der Waals surface area contributed by atoms with Gasteiger partial charge in [-0.05, 0) is 24.1 Å². The topological polar surface area (TPSA) is 49.8 Å². The lowest BCUT2D eigenvalue weighted by atomic mass is 10.0. The Bertz CT molecular complexity index is 336. The maximum atomic E-state index is 8.66. The SMILES string of the molecule is C=CC[C@@H](N)c1cccc(C#N)c1. The minimum Gasteiger partial charge on any atom is -0.324 e. The van der Waals surface area contributed by atoms with E-state index < -0.39 is 0 Å². The summed E-state index contributed by atoms with van der Waals surface area (Å²) in [5.41, 5.74) is 7.48. The quantitative estimate of drug-likeness (QED) is 0.710. The Labute approximate surface area is 78.3 Å². The van der Waals surface area contributed by atoms with E-state index in [9.17, 15) is 0 Å². The highest BCUT2D eigenvalue weighted by molar-refractivity contribution is 5.34. The maximum absolute atomic E-state index is 8.66. The number of hydrogen-bond donors (Lipinski definition) is 1. The Hall–Kier alpha value is -1.59. The van der Waals surface area contributed by atoms with Gasteiger partial charge in [0.25, 0.3) is 0 Å². The van der Waals surface area contributed by atoms with Gasteiger partial charge in [-0.15, -0.1) is 6.58 Å². The van der Waals surface area contributed by atoms with Gasteiger partial charge in [0.1, 0.15) is 0 Å². The van der Waals surface area contributed by atoms with E-state index in [1.54, 1.807) is 12.1 Å². The van der Waals surface area contributed by atoms with Gasteiger partial charge in [0.2, 0.25) is 0 Å². The number of nitrogens with zero attached hydrogens (tertiary/aromatic N) is 1. The first-order valence-electron chi connectivity index (χ1n) is 4.14. The lowest BCUT2D eigenvalue weighted by Crippen LogP contribution is -2.08. The zero-order valence-electron chi connectivity index (χ0n) is 7.40. The molecule has 0 aromatic heterocycles. The second kappa shape index (κ2) is 4.44. The summed E-state index contributed by atoms with van der Waals surface area (Å²) in [6.07, 6.45) is 2.51. The molecule has 0 spiro atoms. The summed E-state index contributed by atoms with van der Waals surface area (Å²) in [5.74, 6) is 0. The molecule has 1 rings (SSSR count). The Balaban J connectivity index is 2.89. The maximum Gasteiger partial charge on any atom is 0.0991 e. The number of nitriles is 1. The largest absolute Gasteiger partial charge is 0.324 e. The average Bonchev–Trinajstić information content (AvgIpc) is 2.18. The molecular formula is C11H12N2. The van der Waals surface area contributed by atoms with E-state index in [-0.39, 0.29) is 6.04 Å². The predicted octanol–water partition coefficient (Wildman–Crippen LogP) is 2.13. The zero-order valence-corrected chi connectivity index (χ0v) is 7.40. The van der Waals surface area contributed by atoms with Crippen molar-refractivity contribution in [3.8, 4) is 6.07 Å². The van der Waals surface area contributed by atoms with Crippen LogP contribution in [-0.2, 0) is 0 Å². The molecule has 0 aliphatic carbocycles. The molecule has 0 heterocycles. The van der Waals surface area contributed by atoms with Crippen LogP contribution in [0.2, 0.25) is 0 Å². The van der Waals surface area contributed by atoms with Crippen molar-refractivity contribution in [3.05, 3.63) is 48.0 Å². The monoisotopic (exact) mass is 172 g/mol. The van der Waals surface area contributed by atoms with Gasteiger partial charge in [-0.25, -0.2) is 0 Å². The molecule has 0 saturated heterocycles. The Morgan fingerprint density at radius 1 is 1.62 bits per heavy atom. The van der Waals surface area contributed by atoms with Crippen LogP contribution < -0.4 is 5.73 Å². The lowest BCUT2D eigenvalue weighted by molar-refractivity contribution is 0.741. The summed E-state index contributed by atoms with van der Waals surface area (Å²) in [6, 6.07) is 9.38. The number of benzene rings is 1. The third-order valence-electron chi connectivity index (χ3n) is 1.86. The molecule has 66 valence electrons. The zero-order chi connectivity index (χ0) is 9.68. The first-order valence-corrected chi connectivity index (χ1v) is 4.14. The minimum absolute atomic E-state index is 0.0502. The first kappa shape index (κ1) is 9.50. The molecule has 1 aromatic rings. The van der Waals surface area contributed by atoms with Crippen molar-refractivity contribution in [3.63, 3.8) is 0 Å². The van der Waals surface area contributed by atoms with Crippen LogP contribution in [0.5, 0.6) is 0 Å². The molecule has 0 bridgehead atoms. The van der Waals surface area contributed by atoms with Crippen molar-refractivity contribution < 1.29 is 0 Å². The Morgan fingerprint density at radius 3 is 3.00 bits per heavy atom. The van der Waals surface area contributed by atoms with Gasteiger partial charge >= 0.3 is 0 Å². The van der Waals surface area contributed by atoms with Gasteiger partial charge in [0.15, 0.2) is 0 Å². The molecule has 1 atom stereocenters. The molecule has 0 aliphatic rings. The van der Waals surface area contributed by atoms with E-state index in [0.717, 1.165) is 12.0 Å². The number of rotatable bonds is 3. The molecular weight excluding hydrogens is 160 g/mol. The van der Waals surface area contributed by atoms with E-state index >= 15 is 0 Å². The molecule has 0 aliphatic heterocycles. The highest BCUT2D eigenvalue weighted by atomic mass is 14.6. The van der Waals surface area contributed by atoms with E-state index in [1.165, 1.54) is 0 Å². The second-order valence-electron chi connectivity index (χ2n) is 2.87. The van der Waals surface area contributed by atoms with Crippen LogP contribution >= 0.6 is 0 Å². The highest BCUT2D eigenvalue weighted by Crippen LogP contribution is 2.15. The second-order valence-corrected chi connectivity index (χ2v) is 2.87. The first-order chi connectivity index (χ1) is 6.27. The van der Waals surface area contributed by atoms with Crippen LogP contribution in [0.15, 0.2) is 36.9 Å². The summed E-state index contributed by atoms with van der Waals surface area (Å²) >= 11 is 0. The molecule has 0 unspecified atom stereocenters. The third-order valence-corrected chi connectivity index (χ3v) is 1.86. The molecule has 0 saturated carbocycles. The van der Waals surface area contributed by atoms with E-state index in [2.05, 4.69) is 12.6 Å². The fourth-order valence-corrected chi connectivity index (χ4v) is 1.15. The van der Waals surface area contributed by atoms with Gasteiger partial charge in [-0.3, -0.25) is 0 Å². The Kier molecular flexibility index (Phi) is 3.24. The fraction of sp³-hybridized carbons (Fsp3) is 0.182. The fourth-order valence-electron chi connectivity index (χ4n) is 1.15. The summed E-state index contributed by atoms with van der Waals surface area (Å²) in [5, 5.41) is 8.66. The molecule has 2 N–H and O–H groups in total. The normalized spacial score (nSPS) is 11.7. The molecule has 2 heteroatoms. The van der Waals surface area contributed by atoms with Gasteiger partial charge in [0, 0.05) is 6.04 Å². The van der Waals surface area contributed by atoms with Crippen molar-refractivity contribution in [1.82, 2.24) is 0 Å². The van der Waals surface area contributed by atoms with E-state index in [4.69, 9.17) is 11.0 Å². The van der Waals surface area contributed by atoms with Crippen molar-refractivity contribution in [2.75, 3.05) is 0 Å². The Morgan fingerprint density at radius 2 is 2.38 bits per heavy atom. The van der Waals surface area contributed by atoms with Crippen LogP contribution in [-0.4, -0.2) is 0 Å². The van der Waals surface area contributed by atoms with Crippen molar-refractivity contribution in [1.29, 1.82) is 5.26 Å². The van der Waals surface area contributed by atoms with Crippen LogP contribution in [0, 0.1) is 11.3 Å². The molecule has 13 heavy (non-hydrogen) atoms. The van der Waals surface area contributed by atoms with Gasteiger partial charge < -0.3 is 5.73 Å². The van der Waals surface area contributed by atoms with E-state index in [1.807, 2.05) is 18.2 Å². The number of hydrogen-bond acceptors (Lipinski definition) is 2. The molecule has 1 aromatic carbocycles. The summed E-state index contributed by atoms with van der Waals surface area (Å²) in [4.78, 5) is 0. The standard InChI is InChI=1S/C11H12N2/c1-2-4-11(13)10-6-3-5-9(7-10)8-12/h2-3,5-7,11H,1,4,13H2/t11-/m1/s1. The highest BCUT2D eigenvalue weighted by Gasteiger charge is 2.03. The van der Waals surface area contributed by atoms with Crippen LogP contribution in [0.25, 0.3) is 0 Å².